The Labute approximate surface area is 123 Å². The second kappa shape index (κ2) is 5.13. The van der Waals surface area contributed by atoms with Gasteiger partial charge in [0.25, 0.3) is 0 Å². The molecule has 0 aliphatic heterocycles. The van der Waals surface area contributed by atoms with Crippen LogP contribution in [0.2, 0.25) is 0 Å². The number of fused-ring (bicyclic) bond motifs is 1. The minimum Gasteiger partial charge on any atom is -0.490 e. The van der Waals surface area contributed by atoms with Crippen LogP contribution in [0.4, 0.5) is 5.82 Å². The average molecular weight is 281 g/mol. The number of ether oxygens (including phenoxy) is 1. The highest BCUT2D eigenvalue weighted by atomic mass is 16.5. The van der Waals surface area contributed by atoms with Gasteiger partial charge < -0.3 is 10.5 Å². The number of nitrogen functional groups attached to an aromatic ring is 1. The lowest BCUT2D eigenvalue weighted by molar-refractivity contribution is 0.245. The Morgan fingerprint density at radius 2 is 1.81 bits per heavy atom. The molecule has 21 heavy (non-hydrogen) atoms. The molecule has 0 aliphatic carbocycles. The number of aromatic nitrogens is 2. The third-order valence-corrected chi connectivity index (χ3v) is 3.40. The van der Waals surface area contributed by atoms with E-state index in [1.54, 1.807) is 0 Å². The van der Waals surface area contributed by atoms with Gasteiger partial charge in [0.2, 0.25) is 0 Å². The van der Waals surface area contributed by atoms with Crippen molar-refractivity contribution in [2.75, 3.05) is 5.73 Å². The Kier molecular flexibility index (Phi) is 3.29. The molecule has 4 heteroatoms. The molecule has 3 N–H and O–H groups in total. The fourth-order valence-electron chi connectivity index (χ4n) is 2.40. The van der Waals surface area contributed by atoms with Crippen molar-refractivity contribution in [3.63, 3.8) is 0 Å². The van der Waals surface area contributed by atoms with Crippen molar-refractivity contribution in [1.82, 2.24) is 10.2 Å². The van der Waals surface area contributed by atoms with E-state index >= 15 is 0 Å². The molecule has 0 atom stereocenters. The van der Waals surface area contributed by atoms with Gasteiger partial charge in [0.15, 0.2) is 5.82 Å². The predicted octanol–water partition coefficient (Wildman–Crippen LogP) is 3.91. The Bertz CT molecular complexity index is 773. The number of rotatable bonds is 3. The van der Waals surface area contributed by atoms with Gasteiger partial charge in [-0.3, -0.25) is 5.10 Å². The van der Waals surface area contributed by atoms with Crippen LogP contribution in [0, 0.1) is 6.92 Å². The maximum atomic E-state index is 5.94. The van der Waals surface area contributed by atoms with E-state index in [1.165, 1.54) is 5.56 Å². The van der Waals surface area contributed by atoms with E-state index in [4.69, 9.17) is 10.5 Å². The maximum absolute atomic E-state index is 5.94. The summed E-state index contributed by atoms with van der Waals surface area (Å²) in [5.41, 5.74) is 10.3. The molecule has 0 amide bonds. The molecule has 0 aliphatic rings. The van der Waals surface area contributed by atoms with Gasteiger partial charge >= 0.3 is 0 Å². The summed E-state index contributed by atoms with van der Waals surface area (Å²) in [5, 5.41) is 7.90. The summed E-state index contributed by atoms with van der Waals surface area (Å²) < 4.78 is 5.91. The Balaban J connectivity index is 2.18. The number of aryl methyl sites for hydroxylation is 1. The van der Waals surface area contributed by atoms with Gasteiger partial charge in [0.1, 0.15) is 5.75 Å². The molecule has 2 aromatic carbocycles. The number of benzene rings is 2. The highest BCUT2D eigenvalue weighted by Crippen LogP contribution is 2.35. The van der Waals surface area contributed by atoms with Gasteiger partial charge in [-0.1, -0.05) is 29.8 Å². The molecule has 0 radical (unpaired) electrons. The first-order chi connectivity index (χ1) is 10.0. The monoisotopic (exact) mass is 281 g/mol. The molecule has 0 bridgehead atoms. The zero-order valence-corrected chi connectivity index (χ0v) is 12.5. The van der Waals surface area contributed by atoms with E-state index in [9.17, 15) is 0 Å². The first-order valence-corrected chi connectivity index (χ1v) is 7.06. The van der Waals surface area contributed by atoms with Crippen LogP contribution in [0.1, 0.15) is 19.4 Å². The normalized spacial score (nSPS) is 11.2. The minimum atomic E-state index is 0.0794. The second-order valence-electron chi connectivity index (χ2n) is 5.54. The van der Waals surface area contributed by atoms with Gasteiger partial charge in [-0.2, -0.15) is 5.10 Å². The molecule has 1 heterocycles. The minimum absolute atomic E-state index is 0.0794. The molecule has 108 valence electrons. The van der Waals surface area contributed by atoms with Crippen molar-refractivity contribution < 1.29 is 4.74 Å². The van der Waals surface area contributed by atoms with Crippen LogP contribution in [-0.2, 0) is 0 Å². The number of aromatic amines is 1. The van der Waals surface area contributed by atoms with E-state index in [1.807, 2.05) is 19.9 Å². The van der Waals surface area contributed by atoms with Crippen LogP contribution in [0.3, 0.4) is 0 Å². The first-order valence-electron chi connectivity index (χ1n) is 7.06. The van der Waals surface area contributed by atoms with Crippen LogP contribution < -0.4 is 10.5 Å². The lowest BCUT2D eigenvalue weighted by Crippen LogP contribution is -2.06. The highest BCUT2D eigenvalue weighted by Gasteiger charge is 2.13. The molecule has 0 unspecified atom stereocenters. The molecule has 0 saturated carbocycles. The molecule has 3 aromatic rings. The number of nitrogens with two attached hydrogens (primary N) is 1. The summed E-state index contributed by atoms with van der Waals surface area (Å²) in [6, 6.07) is 12.5. The zero-order valence-electron chi connectivity index (χ0n) is 12.5. The van der Waals surface area contributed by atoms with Gasteiger partial charge in [0, 0.05) is 0 Å². The van der Waals surface area contributed by atoms with Crippen molar-refractivity contribution in [3.8, 4) is 16.9 Å². The molecule has 0 spiro atoms. The van der Waals surface area contributed by atoms with Crippen molar-refractivity contribution in [3.05, 3.63) is 42.0 Å². The summed E-state index contributed by atoms with van der Waals surface area (Å²) in [7, 11) is 0. The van der Waals surface area contributed by atoms with E-state index < -0.39 is 0 Å². The second-order valence-corrected chi connectivity index (χ2v) is 5.54. The number of H-pyrrole nitrogens is 1. The van der Waals surface area contributed by atoms with Crippen LogP contribution in [0.25, 0.3) is 22.0 Å². The fourth-order valence-corrected chi connectivity index (χ4v) is 2.40. The first kappa shape index (κ1) is 13.5. The SMILES string of the molecule is Cc1ccc(-c2cc(OC(C)C)c3c(N)n[nH]c3c2)cc1. The molecule has 0 saturated heterocycles. The Morgan fingerprint density at radius 1 is 1.10 bits per heavy atom. The molecular formula is C17H19N3O. The quantitative estimate of drug-likeness (QED) is 0.765. The Hall–Kier alpha value is -2.49. The third-order valence-electron chi connectivity index (χ3n) is 3.40. The maximum Gasteiger partial charge on any atom is 0.156 e. The van der Waals surface area contributed by atoms with E-state index in [-0.39, 0.29) is 6.10 Å². The topological polar surface area (TPSA) is 63.9 Å². The molecule has 1 aromatic heterocycles. The van der Waals surface area contributed by atoms with Gasteiger partial charge in [-0.25, -0.2) is 0 Å². The Morgan fingerprint density at radius 3 is 2.48 bits per heavy atom. The standard InChI is InChI=1S/C17H19N3O/c1-10(2)21-15-9-13(12-6-4-11(3)5-7-12)8-14-16(15)17(18)20-19-14/h4-10H,1-3H3,(H3,18,19,20). The number of nitrogens with zero attached hydrogens (tertiary/aromatic N) is 1. The van der Waals surface area contributed by atoms with Crippen LogP contribution >= 0.6 is 0 Å². The smallest absolute Gasteiger partial charge is 0.156 e. The third kappa shape index (κ3) is 2.57. The highest BCUT2D eigenvalue weighted by molar-refractivity contribution is 5.97. The lowest BCUT2D eigenvalue weighted by Gasteiger charge is -2.13. The number of nitrogens with one attached hydrogen (secondary N) is 1. The number of hydrogen-bond donors (Lipinski definition) is 2. The van der Waals surface area contributed by atoms with Crippen molar-refractivity contribution >= 4 is 16.7 Å². The van der Waals surface area contributed by atoms with Crippen LogP contribution in [-0.4, -0.2) is 16.3 Å². The van der Waals surface area contributed by atoms with Gasteiger partial charge in [0.05, 0.1) is 17.0 Å². The zero-order chi connectivity index (χ0) is 15.0. The van der Waals surface area contributed by atoms with Gasteiger partial charge in [-0.05, 0) is 44.0 Å². The molecule has 0 fully saturated rings. The van der Waals surface area contributed by atoms with Crippen LogP contribution in [0.5, 0.6) is 5.75 Å². The fraction of sp³-hybridized carbons (Fsp3) is 0.235. The average Bonchev–Trinajstić information content (AvgIpc) is 2.81. The van der Waals surface area contributed by atoms with E-state index in [0.29, 0.717) is 5.82 Å². The summed E-state index contributed by atoms with van der Waals surface area (Å²) in [4.78, 5) is 0. The number of hydrogen-bond acceptors (Lipinski definition) is 3. The van der Waals surface area contributed by atoms with Gasteiger partial charge in [-0.15, -0.1) is 0 Å². The largest absolute Gasteiger partial charge is 0.490 e. The number of anilines is 1. The van der Waals surface area contributed by atoms with Crippen LogP contribution in [0.15, 0.2) is 36.4 Å². The van der Waals surface area contributed by atoms with E-state index in [0.717, 1.165) is 27.8 Å². The molecule has 4 nitrogen and oxygen atoms in total. The van der Waals surface area contributed by atoms with Crippen molar-refractivity contribution in [2.24, 2.45) is 0 Å². The molecular weight excluding hydrogens is 262 g/mol. The summed E-state index contributed by atoms with van der Waals surface area (Å²) in [6.45, 7) is 6.08. The van der Waals surface area contributed by atoms with Crippen molar-refractivity contribution in [2.45, 2.75) is 26.9 Å². The lowest BCUT2D eigenvalue weighted by atomic mass is 10.0. The van der Waals surface area contributed by atoms with Crippen molar-refractivity contribution in [1.29, 1.82) is 0 Å². The molecule has 3 rings (SSSR count). The summed E-state index contributed by atoms with van der Waals surface area (Å²) in [5.74, 6) is 1.24. The summed E-state index contributed by atoms with van der Waals surface area (Å²) >= 11 is 0. The summed E-state index contributed by atoms with van der Waals surface area (Å²) in [6.07, 6.45) is 0.0794. The van der Waals surface area contributed by atoms with E-state index in [2.05, 4.69) is 47.5 Å². The predicted molar refractivity (Wildman–Crippen MR) is 86.4 cm³/mol.